The van der Waals surface area contributed by atoms with Gasteiger partial charge in [-0.1, -0.05) is 5.21 Å². The zero-order valence-electron chi connectivity index (χ0n) is 10.4. The standard InChI is InChI=1S/C10H19N5O2S/c1-15-6-10(13-14-15)5-9(12-11)4-8-2-3-18(16,17)7-8/h6,8-9,12H,2-5,7,11H2,1H3. The highest BCUT2D eigenvalue weighted by molar-refractivity contribution is 7.91. The SMILES string of the molecule is Cn1cc(CC(CC2CCS(=O)(=O)C2)NN)nn1. The summed E-state index contributed by atoms with van der Waals surface area (Å²) in [4.78, 5) is 0. The van der Waals surface area contributed by atoms with Crippen molar-refractivity contribution in [3.63, 3.8) is 0 Å². The van der Waals surface area contributed by atoms with Crippen LogP contribution in [0.5, 0.6) is 0 Å². The molecule has 0 spiro atoms. The van der Waals surface area contributed by atoms with Gasteiger partial charge >= 0.3 is 0 Å². The number of aryl methyl sites for hydroxylation is 1. The van der Waals surface area contributed by atoms with Crippen molar-refractivity contribution in [1.82, 2.24) is 20.4 Å². The van der Waals surface area contributed by atoms with E-state index in [2.05, 4.69) is 15.7 Å². The summed E-state index contributed by atoms with van der Waals surface area (Å²) in [5.41, 5.74) is 3.60. The summed E-state index contributed by atoms with van der Waals surface area (Å²) in [6, 6.07) is 0.0417. The van der Waals surface area contributed by atoms with Gasteiger partial charge in [-0.15, -0.1) is 5.10 Å². The first kappa shape index (κ1) is 13.4. The molecule has 0 amide bonds. The highest BCUT2D eigenvalue weighted by Crippen LogP contribution is 2.23. The number of sulfone groups is 1. The van der Waals surface area contributed by atoms with Crippen molar-refractivity contribution in [2.75, 3.05) is 11.5 Å². The Morgan fingerprint density at radius 2 is 2.44 bits per heavy atom. The Kier molecular flexibility index (Phi) is 3.98. The lowest BCUT2D eigenvalue weighted by molar-refractivity contribution is 0.406. The fraction of sp³-hybridized carbons (Fsp3) is 0.800. The van der Waals surface area contributed by atoms with Gasteiger partial charge in [0, 0.05) is 25.7 Å². The van der Waals surface area contributed by atoms with Crippen LogP contribution in [0.2, 0.25) is 0 Å². The van der Waals surface area contributed by atoms with Gasteiger partial charge in [0.15, 0.2) is 9.84 Å². The van der Waals surface area contributed by atoms with E-state index in [0.29, 0.717) is 12.2 Å². The van der Waals surface area contributed by atoms with Crippen LogP contribution in [0.25, 0.3) is 0 Å². The van der Waals surface area contributed by atoms with Crippen molar-refractivity contribution >= 4 is 9.84 Å². The van der Waals surface area contributed by atoms with E-state index in [1.54, 1.807) is 4.68 Å². The third-order valence-corrected chi connectivity index (χ3v) is 5.12. The lowest BCUT2D eigenvalue weighted by Gasteiger charge is -2.17. The number of nitrogens with zero attached hydrogens (tertiary/aromatic N) is 3. The molecule has 1 saturated heterocycles. The van der Waals surface area contributed by atoms with Gasteiger partial charge in [-0.2, -0.15) is 0 Å². The molecule has 1 aliphatic heterocycles. The maximum atomic E-state index is 11.4. The summed E-state index contributed by atoms with van der Waals surface area (Å²) in [5, 5.41) is 7.87. The van der Waals surface area contributed by atoms with E-state index in [-0.39, 0.29) is 17.7 Å². The molecule has 1 fully saturated rings. The molecular weight excluding hydrogens is 254 g/mol. The monoisotopic (exact) mass is 273 g/mol. The van der Waals surface area contributed by atoms with E-state index >= 15 is 0 Å². The van der Waals surface area contributed by atoms with Gasteiger partial charge in [0.1, 0.15) is 0 Å². The van der Waals surface area contributed by atoms with Gasteiger partial charge in [0.2, 0.25) is 0 Å². The Hall–Kier alpha value is -0.990. The normalized spacial score (nSPS) is 24.2. The van der Waals surface area contributed by atoms with E-state index in [0.717, 1.165) is 18.5 Å². The van der Waals surface area contributed by atoms with Crippen LogP contribution in [0.3, 0.4) is 0 Å². The summed E-state index contributed by atoms with van der Waals surface area (Å²) < 4.78 is 24.4. The van der Waals surface area contributed by atoms with Gasteiger partial charge < -0.3 is 0 Å². The smallest absolute Gasteiger partial charge is 0.150 e. The molecular formula is C10H19N5O2S. The minimum absolute atomic E-state index is 0.0417. The molecule has 18 heavy (non-hydrogen) atoms. The van der Waals surface area contributed by atoms with Crippen molar-refractivity contribution in [2.45, 2.75) is 25.3 Å². The van der Waals surface area contributed by atoms with E-state index in [4.69, 9.17) is 5.84 Å². The fourth-order valence-electron chi connectivity index (χ4n) is 2.41. The second-order valence-electron chi connectivity index (χ2n) is 4.96. The van der Waals surface area contributed by atoms with Gasteiger partial charge in [-0.05, 0) is 18.8 Å². The number of hydrazine groups is 1. The van der Waals surface area contributed by atoms with Gasteiger partial charge in [0.25, 0.3) is 0 Å². The molecule has 0 saturated carbocycles. The Bertz CT molecular complexity index is 498. The van der Waals surface area contributed by atoms with Crippen LogP contribution in [-0.2, 0) is 23.3 Å². The van der Waals surface area contributed by atoms with Crippen LogP contribution in [0, 0.1) is 5.92 Å². The van der Waals surface area contributed by atoms with Crippen molar-refractivity contribution in [1.29, 1.82) is 0 Å². The molecule has 0 radical (unpaired) electrons. The average molecular weight is 273 g/mol. The van der Waals surface area contributed by atoms with Crippen molar-refractivity contribution in [3.8, 4) is 0 Å². The van der Waals surface area contributed by atoms with E-state index < -0.39 is 9.84 Å². The van der Waals surface area contributed by atoms with Gasteiger partial charge in [-0.3, -0.25) is 16.0 Å². The maximum Gasteiger partial charge on any atom is 0.150 e. The molecule has 3 N–H and O–H groups in total. The first-order chi connectivity index (χ1) is 8.48. The lowest BCUT2D eigenvalue weighted by Crippen LogP contribution is -2.38. The Morgan fingerprint density at radius 3 is 2.94 bits per heavy atom. The summed E-state index contributed by atoms with van der Waals surface area (Å²) in [6.07, 6.45) is 4.00. The minimum atomic E-state index is -2.82. The molecule has 102 valence electrons. The summed E-state index contributed by atoms with van der Waals surface area (Å²) in [7, 11) is -1.01. The number of hydrogen-bond donors (Lipinski definition) is 2. The average Bonchev–Trinajstić information content (AvgIpc) is 2.84. The largest absolute Gasteiger partial charge is 0.271 e. The van der Waals surface area contributed by atoms with Crippen molar-refractivity contribution < 1.29 is 8.42 Å². The topological polar surface area (TPSA) is 103 Å². The zero-order chi connectivity index (χ0) is 13.2. The summed E-state index contributed by atoms with van der Waals surface area (Å²) in [6.45, 7) is 0. The van der Waals surface area contributed by atoms with Crippen LogP contribution in [0.15, 0.2) is 6.20 Å². The third-order valence-electron chi connectivity index (χ3n) is 3.29. The zero-order valence-corrected chi connectivity index (χ0v) is 11.2. The van der Waals surface area contributed by atoms with E-state index in [1.807, 2.05) is 13.2 Å². The molecule has 2 rings (SSSR count). The first-order valence-electron chi connectivity index (χ1n) is 6.00. The molecule has 0 bridgehead atoms. The van der Waals surface area contributed by atoms with Crippen LogP contribution in [0.4, 0.5) is 0 Å². The second-order valence-corrected chi connectivity index (χ2v) is 7.18. The summed E-state index contributed by atoms with van der Waals surface area (Å²) in [5.74, 6) is 6.31. The number of nitrogens with one attached hydrogen (secondary N) is 1. The Labute approximate surface area is 107 Å². The minimum Gasteiger partial charge on any atom is -0.271 e. The van der Waals surface area contributed by atoms with Crippen LogP contribution >= 0.6 is 0 Å². The molecule has 7 nitrogen and oxygen atoms in total. The molecule has 2 heterocycles. The van der Waals surface area contributed by atoms with Crippen LogP contribution in [0.1, 0.15) is 18.5 Å². The Balaban J connectivity index is 1.90. The van der Waals surface area contributed by atoms with Crippen LogP contribution in [-0.4, -0.2) is 41.0 Å². The number of hydrogen-bond acceptors (Lipinski definition) is 6. The number of rotatable bonds is 5. The Morgan fingerprint density at radius 1 is 1.67 bits per heavy atom. The van der Waals surface area contributed by atoms with Crippen LogP contribution < -0.4 is 11.3 Å². The highest BCUT2D eigenvalue weighted by atomic mass is 32.2. The molecule has 2 unspecified atom stereocenters. The molecule has 2 atom stereocenters. The molecule has 1 aliphatic rings. The maximum absolute atomic E-state index is 11.4. The predicted molar refractivity (Wildman–Crippen MR) is 67.2 cm³/mol. The molecule has 1 aromatic heterocycles. The molecule has 0 aliphatic carbocycles. The lowest BCUT2D eigenvalue weighted by atomic mass is 9.97. The van der Waals surface area contributed by atoms with Crippen molar-refractivity contribution in [3.05, 3.63) is 11.9 Å². The summed E-state index contributed by atoms with van der Waals surface area (Å²) >= 11 is 0. The highest BCUT2D eigenvalue weighted by Gasteiger charge is 2.29. The second kappa shape index (κ2) is 5.33. The van der Waals surface area contributed by atoms with Gasteiger partial charge in [0.05, 0.1) is 17.2 Å². The fourth-order valence-corrected chi connectivity index (χ4v) is 4.29. The molecule has 1 aromatic rings. The van der Waals surface area contributed by atoms with E-state index in [1.165, 1.54) is 0 Å². The molecule has 0 aromatic carbocycles. The third kappa shape index (κ3) is 3.50. The predicted octanol–water partition coefficient (Wildman–Crippen LogP) is -0.986. The quantitative estimate of drug-likeness (QED) is 0.528. The van der Waals surface area contributed by atoms with E-state index in [9.17, 15) is 8.42 Å². The first-order valence-corrected chi connectivity index (χ1v) is 7.82. The molecule has 8 heteroatoms. The number of aromatic nitrogens is 3. The number of nitrogens with two attached hydrogens (primary N) is 1. The van der Waals surface area contributed by atoms with Gasteiger partial charge in [-0.25, -0.2) is 8.42 Å². The van der Waals surface area contributed by atoms with Crippen molar-refractivity contribution in [2.24, 2.45) is 18.8 Å².